The van der Waals surface area contributed by atoms with Crippen LogP contribution in [0.15, 0.2) is 0 Å². The second-order valence-corrected chi connectivity index (χ2v) is 9.05. The predicted octanol–water partition coefficient (Wildman–Crippen LogP) is 2.48. The first-order valence-corrected chi connectivity index (χ1v) is 8.76. The summed E-state index contributed by atoms with van der Waals surface area (Å²) in [5.74, 6) is 2.31. The van der Waals surface area contributed by atoms with Gasteiger partial charge in [0.05, 0.1) is 10.2 Å². The molecular formula is C13H22O3S2. The minimum atomic E-state index is -0.467. The summed E-state index contributed by atoms with van der Waals surface area (Å²) in [6.07, 6.45) is 3.62. The summed E-state index contributed by atoms with van der Waals surface area (Å²) in [7, 11) is 0. The first-order chi connectivity index (χ1) is 8.55. The number of aliphatic hydroxyl groups is 1. The zero-order valence-corrected chi connectivity index (χ0v) is 12.7. The van der Waals surface area contributed by atoms with Crippen LogP contribution in [0, 0.1) is 5.92 Å². The average Bonchev–Trinajstić information content (AvgIpc) is 2.65. The first-order valence-electron chi connectivity index (χ1n) is 6.79. The van der Waals surface area contributed by atoms with E-state index in [0.29, 0.717) is 5.92 Å². The fourth-order valence-corrected chi connectivity index (χ4v) is 7.04. The maximum atomic E-state index is 9.54. The number of rotatable bonds is 1. The van der Waals surface area contributed by atoms with E-state index in [-0.39, 0.29) is 22.9 Å². The van der Waals surface area contributed by atoms with Gasteiger partial charge in [0.2, 0.25) is 0 Å². The van der Waals surface area contributed by atoms with E-state index in [2.05, 4.69) is 0 Å². The Morgan fingerprint density at radius 3 is 2.61 bits per heavy atom. The lowest BCUT2D eigenvalue weighted by Crippen LogP contribution is -2.51. The molecule has 0 radical (unpaired) electrons. The van der Waals surface area contributed by atoms with Crippen molar-refractivity contribution in [2.45, 2.75) is 55.2 Å². The maximum Gasteiger partial charge on any atom is 0.163 e. The van der Waals surface area contributed by atoms with E-state index in [9.17, 15) is 5.11 Å². The lowest BCUT2D eigenvalue weighted by atomic mass is 9.85. The van der Waals surface area contributed by atoms with Gasteiger partial charge in [-0.05, 0) is 50.5 Å². The van der Waals surface area contributed by atoms with Crippen molar-refractivity contribution < 1.29 is 14.6 Å². The molecule has 3 fully saturated rings. The van der Waals surface area contributed by atoms with Crippen LogP contribution in [0.1, 0.15) is 33.1 Å². The Morgan fingerprint density at radius 2 is 1.94 bits per heavy atom. The molecule has 0 amide bonds. The summed E-state index contributed by atoms with van der Waals surface area (Å²) in [5.41, 5.74) is 0. The highest BCUT2D eigenvalue weighted by molar-refractivity contribution is 8.18. The van der Waals surface area contributed by atoms with Crippen LogP contribution in [0.4, 0.5) is 0 Å². The fraction of sp³-hybridized carbons (Fsp3) is 1.00. The molecule has 2 aliphatic heterocycles. The van der Waals surface area contributed by atoms with Gasteiger partial charge in [0.1, 0.15) is 6.10 Å². The first kappa shape index (κ1) is 13.6. The summed E-state index contributed by atoms with van der Waals surface area (Å²) in [5, 5.41) is 9.54. The summed E-state index contributed by atoms with van der Waals surface area (Å²) in [6, 6.07) is 0. The SMILES string of the molecule is CC1(C)O[C@@H]2[C@@H](C[C@@H](CO)CC23SCCCS3)O1. The molecule has 1 spiro atoms. The lowest BCUT2D eigenvalue weighted by Gasteiger charge is -2.47. The highest BCUT2D eigenvalue weighted by Crippen LogP contribution is 2.57. The van der Waals surface area contributed by atoms with Crippen molar-refractivity contribution in [2.75, 3.05) is 18.1 Å². The molecule has 18 heavy (non-hydrogen) atoms. The molecule has 3 atom stereocenters. The number of hydrogen-bond acceptors (Lipinski definition) is 5. The minimum absolute atomic E-state index is 0.113. The molecule has 3 nitrogen and oxygen atoms in total. The van der Waals surface area contributed by atoms with Crippen LogP contribution in [0.5, 0.6) is 0 Å². The third-order valence-electron chi connectivity index (χ3n) is 4.00. The van der Waals surface area contributed by atoms with E-state index in [1.54, 1.807) is 0 Å². The zero-order valence-electron chi connectivity index (χ0n) is 11.1. The van der Waals surface area contributed by atoms with Crippen LogP contribution in [0.2, 0.25) is 0 Å². The highest BCUT2D eigenvalue weighted by atomic mass is 32.2. The quantitative estimate of drug-likeness (QED) is 0.803. The van der Waals surface area contributed by atoms with Crippen molar-refractivity contribution in [3.8, 4) is 0 Å². The molecule has 0 bridgehead atoms. The second-order valence-electron chi connectivity index (χ2n) is 5.95. The van der Waals surface area contributed by atoms with Crippen molar-refractivity contribution in [1.29, 1.82) is 0 Å². The molecule has 0 aromatic heterocycles. The Balaban J connectivity index is 1.86. The number of aliphatic hydroxyl groups excluding tert-OH is 1. The molecule has 0 aromatic rings. The molecule has 3 aliphatic rings. The van der Waals surface area contributed by atoms with Crippen LogP contribution < -0.4 is 0 Å². The van der Waals surface area contributed by atoms with Gasteiger partial charge in [0, 0.05) is 6.61 Å². The molecule has 2 heterocycles. The van der Waals surface area contributed by atoms with E-state index >= 15 is 0 Å². The van der Waals surface area contributed by atoms with Gasteiger partial charge in [-0.15, -0.1) is 23.5 Å². The molecule has 104 valence electrons. The van der Waals surface area contributed by atoms with E-state index in [4.69, 9.17) is 9.47 Å². The standard InChI is InChI=1S/C13H22O3S2/c1-12(2)15-10-6-9(8-14)7-13(11(10)16-12)17-4-3-5-18-13/h9-11,14H,3-8H2,1-2H3/t9-,10-,11-/m1/s1. The summed E-state index contributed by atoms with van der Waals surface area (Å²) in [6.45, 7) is 4.28. The molecule has 2 saturated heterocycles. The normalized spacial score (nSPS) is 41.8. The highest BCUT2D eigenvalue weighted by Gasteiger charge is 2.57. The number of ether oxygens (including phenoxy) is 2. The Bertz CT molecular complexity index is 315. The smallest absolute Gasteiger partial charge is 0.163 e. The Hall–Kier alpha value is 0.580. The summed E-state index contributed by atoms with van der Waals surface area (Å²) >= 11 is 4.06. The minimum Gasteiger partial charge on any atom is -0.396 e. The summed E-state index contributed by atoms with van der Waals surface area (Å²) in [4.78, 5) is 0. The van der Waals surface area contributed by atoms with Gasteiger partial charge in [-0.25, -0.2) is 0 Å². The maximum absolute atomic E-state index is 9.54. The van der Waals surface area contributed by atoms with Gasteiger partial charge in [0.25, 0.3) is 0 Å². The lowest BCUT2D eigenvalue weighted by molar-refractivity contribution is -0.146. The zero-order chi connectivity index (χ0) is 12.8. The van der Waals surface area contributed by atoms with Crippen LogP contribution >= 0.6 is 23.5 Å². The van der Waals surface area contributed by atoms with Crippen LogP contribution in [-0.4, -0.2) is 45.3 Å². The molecule has 1 aliphatic carbocycles. The molecule has 5 heteroatoms. The Labute approximate surface area is 117 Å². The van der Waals surface area contributed by atoms with Gasteiger partial charge in [-0.1, -0.05) is 0 Å². The van der Waals surface area contributed by atoms with Crippen LogP contribution in [0.25, 0.3) is 0 Å². The Kier molecular flexibility index (Phi) is 3.65. The summed E-state index contributed by atoms with van der Waals surface area (Å²) < 4.78 is 12.4. The van der Waals surface area contributed by atoms with E-state index in [1.165, 1.54) is 17.9 Å². The van der Waals surface area contributed by atoms with E-state index in [0.717, 1.165) is 12.8 Å². The van der Waals surface area contributed by atoms with Crippen molar-refractivity contribution in [1.82, 2.24) is 0 Å². The number of fused-ring (bicyclic) bond motifs is 2. The van der Waals surface area contributed by atoms with Crippen molar-refractivity contribution in [3.63, 3.8) is 0 Å². The molecule has 0 unspecified atom stereocenters. The van der Waals surface area contributed by atoms with Gasteiger partial charge >= 0.3 is 0 Å². The second kappa shape index (κ2) is 4.85. The van der Waals surface area contributed by atoms with Gasteiger partial charge in [0.15, 0.2) is 5.79 Å². The monoisotopic (exact) mass is 290 g/mol. The predicted molar refractivity (Wildman–Crippen MR) is 75.9 cm³/mol. The van der Waals surface area contributed by atoms with E-state index < -0.39 is 5.79 Å². The molecule has 0 aromatic carbocycles. The van der Waals surface area contributed by atoms with Gasteiger partial charge < -0.3 is 14.6 Å². The molecule has 1 saturated carbocycles. The largest absolute Gasteiger partial charge is 0.396 e. The van der Waals surface area contributed by atoms with Crippen molar-refractivity contribution in [3.05, 3.63) is 0 Å². The third-order valence-corrected chi connectivity index (χ3v) is 7.46. The Morgan fingerprint density at radius 1 is 1.22 bits per heavy atom. The van der Waals surface area contributed by atoms with Crippen LogP contribution in [0.3, 0.4) is 0 Å². The molecular weight excluding hydrogens is 268 g/mol. The van der Waals surface area contributed by atoms with Gasteiger partial charge in [-0.2, -0.15) is 0 Å². The third kappa shape index (κ3) is 2.33. The van der Waals surface area contributed by atoms with Crippen molar-refractivity contribution >= 4 is 23.5 Å². The molecule has 3 rings (SSSR count). The van der Waals surface area contributed by atoms with Gasteiger partial charge in [-0.3, -0.25) is 0 Å². The van der Waals surface area contributed by atoms with Crippen molar-refractivity contribution in [2.24, 2.45) is 5.92 Å². The van der Waals surface area contributed by atoms with Crippen LogP contribution in [-0.2, 0) is 9.47 Å². The topological polar surface area (TPSA) is 38.7 Å². The molecule has 1 N–H and O–H groups in total. The number of thioether (sulfide) groups is 2. The average molecular weight is 290 g/mol. The van der Waals surface area contributed by atoms with E-state index in [1.807, 2.05) is 37.4 Å². The number of hydrogen-bond donors (Lipinski definition) is 1. The fourth-order valence-electron chi connectivity index (χ4n) is 3.32.